The third-order valence-corrected chi connectivity index (χ3v) is 2.50. The minimum Gasteiger partial charge on any atom is -0.468 e. The highest BCUT2D eigenvalue weighted by Crippen LogP contribution is 2.21. The lowest BCUT2D eigenvalue weighted by atomic mass is 10.1. The minimum atomic E-state index is -4.34. The van der Waals surface area contributed by atoms with Crippen LogP contribution in [-0.4, -0.2) is 30.9 Å². The van der Waals surface area contributed by atoms with Crippen molar-refractivity contribution < 1.29 is 17.9 Å². The van der Waals surface area contributed by atoms with Crippen molar-refractivity contribution in [2.45, 2.75) is 12.6 Å². The molecule has 0 saturated carbocycles. The fraction of sp³-hybridized carbons (Fsp3) is 0.417. The molecule has 0 amide bonds. The van der Waals surface area contributed by atoms with Crippen LogP contribution in [0.3, 0.4) is 0 Å². The van der Waals surface area contributed by atoms with Gasteiger partial charge in [-0.3, -0.25) is 0 Å². The van der Waals surface area contributed by atoms with Crippen molar-refractivity contribution in [1.82, 2.24) is 10.3 Å². The zero-order valence-corrected chi connectivity index (χ0v) is 9.63. The summed E-state index contributed by atoms with van der Waals surface area (Å²) in [6.07, 6.45) is -1.54. The van der Waals surface area contributed by atoms with Crippen molar-refractivity contribution in [3.05, 3.63) is 30.0 Å². The number of ether oxygens (including phenoxy) is 1. The standard InChI is InChI=1S/C12H13F3N2O/c13-12(14,15)8-18-11-3-1-2-10(17-11)9-4-6-16-7-5-9/h1-4,16H,5-8H2. The molecule has 1 aromatic rings. The lowest BCUT2D eigenvalue weighted by molar-refractivity contribution is -0.154. The number of rotatable bonds is 3. The topological polar surface area (TPSA) is 34.1 Å². The van der Waals surface area contributed by atoms with Crippen molar-refractivity contribution >= 4 is 5.57 Å². The maximum absolute atomic E-state index is 12.0. The van der Waals surface area contributed by atoms with Gasteiger partial charge >= 0.3 is 6.18 Å². The monoisotopic (exact) mass is 258 g/mol. The molecular formula is C12H13F3N2O. The van der Waals surface area contributed by atoms with E-state index in [1.54, 1.807) is 12.1 Å². The zero-order chi connectivity index (χ0) is 13.0. The van der Waals surface area contributed by atoms with Crippen molar-refractivity contribution in [2.75, 3.05) is 19.7 Å². The summed E-state index contributed by atoms with van der Waals surface area (Å²) in [7, 11) is 0. The van der Waals surface area contributed by atoms with Gasteiger partial charge in [0.2, 0.25) is 5.88 Å². The predicted molar refractivity (Wildman–Crippen MR) is 61.3 cm³/mol. The Morgan fingerprint density at radius 2 is 2.17 bits per heavy atom. The molecule has 0 fully saturated rings. The minimum absolute atomic E-state index is 0.00394. The fourth-order valence-electron chi connectivity index (χ4n) is 1.69. The highest BCUT2D eigenvalue weighted by atomic mass is 19.4. The second-order valence-corrected chi connectivity index (χ2v) is 3.95. The SMILES string of the molecule is FC(F)(F)COc1cccc(C2=CCNCC2)n1. The average Bonchev–Trinajstić information content (AvgIpc) is 2.37. The van der Waals surface area contributed by atoms with E-state index in [-0.39, 0.29) is 5.88 Å². The van der Waals surface area contributed by atoms with E-state index in [9.17, 15) is 13.2 Å². The molecule has 6 heteroatoms. The van der Waals surface area contributed by atoms with E-state index in [0.717, 1.165) is 25.1 Å². The number of hydrogen-bond donors (Lipinski definition) is 1. The van der Waals surface area contributed by atoms with E-state index in [0.29, 0.717) is 5.69 Å². The lowest BCUT2D eigenvalue weighted by Crippen LogP contribution is -2.21. The molecule has 1 N–H and O–H groups in total. The molecule has 2 heterocycles. The molecule has 0 aliphatic carbocycles. The van der Waals surface area contributed by atoms with Gasteiger partial charge < -0.3 is 10.1 Å². The van der Waals surface area contributed by atoms with Gasteiger partial charge in [-0.2, -0.15) is 13.2 Å². The summed E-state index contributed by atoms with van der Waals surface area (Å²) >= 11 is 0. The van der Waals surface area contributed by atoms with Gasteiger partial charge in [-0.15, -0.1) is 0 Å². The van der Waals surface area contributed by atoms with Crippen LogP contribution < -0.4 is 10.1 Å². The maximum Gasteiger partial charge on any atom is 0.422 e. The van der Waals surface area contributed by atoms with Crippen molar-refractivity contribution in [3.8, 4) is 5.88 Å². The molecule has 1 aliphatic heterocycles. The van der Waals surface area contributed by atoms with Gasteiger partial charge in [0.1, 0.15) is 0 Å². The largest absolute Gasteiger partial charge is 0.468 e. The van der Waals surface area contributed by atoms with Gasteiger partial charge in [-0.05, 0) is 24.6 Å². The summed E-state index contributed by atoms with van der Waals surface area (Å²) < 4.78 is 40.7. The number of aromatic nitrogens is 1. The maximum atomic E-state index is 12.0. The highest BCUT2D eigenvalue weighted by Gasteiger charge is 2.28. The zero-order valence-electron chi connectivity index (χ0n) is 9.63. The first-order valence-electron chi connectivity index (χ1n) is 5.61. The van der Waals surface area contributed by atoms with Crippen LogP contribution in [0.25, 0.3) is 5.57 Å². The molecule has 3 nitrogen and oxygen atoms in total. The van der Waals surface area contributed by atoms with Gasteiger partial charge in [-0.25, -0.2) is 4.98 Å². The Labute approximate surface area is 103 Å². The number of nitrogens with zero attached hydrogens (tertiary/aromatic N) is 1. The molecule has 0 unspecified atom stereocenters. The molecular weight excluding hydrogens is 245 g/mol. The van der Waals surface area contributed by atoms with E-state index < -0.39 is 12.8 Å². The van der Waals surface area contributed by atoms with Crippen LogP contribution >= 0.6 is 0 Å². The molecule has 0 saturated heterocycles. The molecule has 0 spiro atoms. The average molecular weight is 258 g/mol. The summed E-state index contributed by atoms with van der Waals surface area (Å²) in [5.74, 6) is 0.00394. The Kier molecular flexibility index (Phi) is 3.86. The Balaban J connectivity index is 2.07. The summed E-state index contributed by atoms with van der Waals surface area (Å²) in [6.45, 7) is 0.288. The number of hydrogen-bond acceptors (Lipinski definition) is 3. The molecule has 0 radical (unpaired) electrons. The van der Waals surface area contributed by atoms with Gasteiger partial charge in [0.05, 0.1) is 5.69 Å². The molecule has 0 atom stereocenters. The third-order valence-electron chi connectivity index (χ3n) is 2.50. The first-order valence-corrected chi connectivity index (χ1v) is 5.61. The van der Waals surface area contributed by atoms with Crippen LogP contribution in [0.1, 0.15) is 12.1 Å². The smallest absolute Gasteiger partial charge is 0.422 e. The second kappa shape index (κ2) is 5.39. The van der Waals surface area contributed by atoms with Gasteiger partial charge in [0.15, 0.2) is 6.61 Å². The molecule has 2 rings (SSSR count). The van der Waals surface area contributed by atoms with Gasteiger partial charge in [0.25, 0.3) is 0 Å². The number of alkyl halides is 3. The summed E-state index contributed by atoms with van der Waals surface area (Å²) in [5, 5.41) is 3.16. The molecule has 18 heavy (non-hydrogen) atoms. The third kappa shape index (κ3) is 3.73. The molecule has 0 aromatic carbocycles. The summed E-state index contributed by atoms with van der Waals surface area (Å²) in [5.41, 5.74) is 1.71. The van der Waals surface area contributed by atoms with E-state index in [4.69, 9.17) is 0 Å². The van der Waals surface area contributed by atoms with Gasteiger partial charge in [-0.1, -0.05) is 12.1 Å². The van der Waals surface area contributed by atoms with Crippen molar-refractivity contribution in [2.24, 2.45) is 0 Å². The van der Waals surface area contributed by atoms with E-state index in [1.165, 1.54) is 6.07 Å². The summed E-state index contributed by atoms with van der Waals surface area (Å²) in [4.78, 5) is 4.08. The highest BCUT2D eigenvalue weighted by molar-refractivity contribution is 5.63. The lowest BCUT2D eigenvalue weighted by Gasteiger charge is -2.14. The van der Waals surface area contributed by atoms with Crippen molar-refractivity contribution in [3.63, 3.8) is 0 Å². The second-order valence-electron chi connectivity index (χ2n) is 3.95. The van der Waals surface area contributed by atoms with Crippen LogP contribution in [0.5, 0.6) is 5.88 Å². The predicted octanol–water partition coefficient (Wildman–Crippen LogP) is 2.40. The number of halogens is 3. The number of pyridine rings is 1. The van der Waals surface area contributed by atoms with Crippen LogP contribution in [-0.2, 0) is 0 Å². The first kappa shape index (κ1) is 12.9. The van der Waals surface area contributed by atoms with Crippen LogP contribution in [0.2, 0.25) is 0 Å². The molecule has 0 bridgehead atoms. The van der Waals surface area contributed by atoms with Gasteiger partial charge in [0, 0.05) is 12.6 Å². The Morgan fingerprint density at radius 1 is 1.33 bits per heavy atom. The van der Waals surface area contributed by atoms with E-state index in [1.807, 2.05) is 6.08 Å². The molecule has 1 aromatic heterocycles. The first-order chi connectivity index (χ1) is 8.54. The molecule has 1 aliphatic rings. The summed E-state index contributed by atoms with van der Waals surface area (Å²) in [6, 6.07) is 4.85. The Hall–Kier alpha value is -1.56. The van der Waals surface area contributed by atoms with Crippen LogP contribution in [0.15, 0.2) is 24.3 Å². The normalized spacial score (nSPS) is 16.3. The quantitative estimate of drug-likeness (QED) is 0.904. The van der Waals surface area contributed by atoms with E-state index in [2.05, 4.69) is 15.0 Å². The van der Waals surface area contributed by atoms with Crippen molar-refractivity contribution in [1.29, 1.82) is 0 Å². The Bertz CT molecular complexity index is 443. The van der Waals surface area contributed by atoms with Crippen LogP contribution in [0.4, 0.5) is 13.2 Å². The Morgan fingerprint density at radius 3 is 2.83 bits per heavy atom. The number of nitrogens with one attached hydrogen (secondary N) is 1. The van der Waals surface area contributed by atoms with E-state index >= 15 is 0 Å². The molecule has 98 valence electrons. The van der Waals surface area contributed by atoms with Crippen LogP contribution in [0, 0.1) is 0 Å². The fourth-order valence-corrected chi connectivity index (χ4v) is 1.69.